The van der Waals surface area contributed by atoms with Gasteiger partial charge in [0.05, 0.1) is 16.7 Å². The highest BCUT2D eigenvalue weighted by atomic mass is 35.5. The van der Waals surface area contributed by atoms with Crippen LogP contribution < -0.4 is 10.2 Å². The zero-order chi connectivity index (χ0) is 14.5. The second kappa shape index (κ2) is 7.34. The number of nitrogens with zero attached hydrogens (tertiary/aromatic N) is 2. The summed E-state index contributed by atoms with van der Waals surface area (Å²) in [5.74, 6) is 2.18. The van der Waals surface area contributed by atoms with Gasteiger partial charge in [-0.25, -0.2) is 4.98 Å². The molecule has 6 heteroatoms. The molecule has 1 heterocycles. The standard InChI is InChI=1S/C14H21Cl2N3O/c1-3-17-13-11(15)8-12(16)14(18-13)19(2)6-7-20-9-10-4-5-10/h8,10H,3-7,9H2,1-2H3,(H,17,18). The summed E-state index contributed by atoms with van der Waals surface area (Å²) in [6.45, 7) is 5.08. The molecule has 1 N–H and O–H groups in total. The van der Waals surface area contributed by atoms with Crippen LogP contribution in [0.2, 0.25) is 10.0 Å². The Morgan fingerprint density at radius 3 is 2.80 bits per heavy atom. The molecule has 1 aliphatic rings. The molecule has 0 unspecified atom stereocenters. The van der Waals surface area contributed by atoms with E-state index in [0.29, 0.717) is 22.5 Å². The van der Waals surface area contributed by atoms with Gasteiger partial charge in [-0.2, -0.15) is 0 Å². The maximum Gasteiger partial charge on any atom is 0.149 e. The van der Waals surface area contributed by atoms with Crippen molar-refractivity contribution in [3.8, 4) is 0 Å². The highest BCUT2D eigenvalue weighted by Gasteiger charge is 2.21. The zero-order valence-corrected chi connectivity index (χ0v) is 13.5. The normalized spacial score (nSPS) is 14.4. The Labute approximate surface area is 130 Å². The fourth-order valence-corrected chi connectivity index (χ4v) is 2.43. The van der Waals surface area contributed by atoms with E-state index in [-0.39, 0.29) is 0 Å². The van der Waals surface area contributed by atoms with Crippen LogP contribution in [-0.2, 0) is 4.74 Å². The van der Waals surface area contributed by atoms with E-state index in [1.807, 2.05) is 18.9 Å². The first-order chi connectivity index (χ1) is 9.61. The molecular weight excluding hydrogens is 297 g/mol. The number of ether oxygens (including phenoxy) is 1. The van der Waals surface area contributed by atoms with Gasteiger partial charge >= 0.3 is 0 Å². The molecule has 0 atom stereocenters. The van der Waals surface area contributed by atoms with Crippen molar-refractivity contribution in [1.29, 1.82) is 0 Å². The number of likely N-dealkylation sites (N-methyl/N-ethyl adjacent to an activating group) is 1. The van der Waals surface area contributed by atoms with E-state index >= 15 is 0 Å². The van der Waals surface area contributed by atoms with Gasteiger partial charge in [0.1, 0.15) is 11.6 Å². The van der Waals surface area contributed by atoms with E-state index in [4.69, 9.17) is 27.9 Å². The number of pyridine rings is 1. The summed E-state index contributed by atoms with van der Waals surface area (Å²) < 4.78 is 5.64. The Bertz CT molecular complexity index is 452. The lowest BCUT2D eigenvalue weighted by Gasteiger charge is -2.20. The molecule has 0 aliphatic heterocycles. The Hall–Kier alpha value is -0.710. The SMILES string of the molecule is CCNc1nc(N(C)CCOCC2CC2)c(Cl)cc1Cl. The largest absolute Gasteiger partial charge is 0.379 e. The zero-order valence-electron chi connectivity index (χ0n) is 12.0. The molecule has 0 aromatic carbocycles. The van der Waals surface area contributed by atoms with Crippen LogP contribution in [0.3, 0.4) is 0 Å². The smallest absolute Gasteiger partial charge is 0.149 e. The predicted octanol–water partition coefficient (Wildman–Crippen LogP) is 3.68. The lowest BCUT2D eigenvalue weighted by molar-refractivity contribution is 0.131. The van der Waals surface area contributed by atoms with Crippen molar-refractivity contribution in [2.75, 3.05) is 43.6 Å². The van der Waals surface area contributed by atoms with Crippen LogP contribution >= 0.6 is 23.2 Å². The topological polar surface area (TPSA) is 37.4 Å². The van der Waals surface area contributed by atoms with Gasteiger partial charge in [0.2, 0.25) is 0 Å². The van der Waals surface area contributed by atoms with Gasteiger partial charge in [-0.05, 0) is 31.7 Å². The van der Waals surface area contributed by atoms with E-state index in [2.05, 4.69) is 10.3 Å². The number of hydrogen-bond donors (Lipinski definition) is 1. The molecule has 1 fully saturated rings. The van der Waals surface area contributed by atoms with Crippen molar-refractivity contribution >= 4 is 34.8 Å². The van der Waals surface area contributed by atoms with E-state index < -0.39 is 0 Å². The van der Waals surface area contributed by atoms with Crippen LogP contribution in [0.5, 0.6) is 0 Å². The van der Waals surface area contributed by atoms with Crippen molar-refractivity contribution in [2.45, 2.75) is 19.8 Å². The number of nitrogens with one attached hydrogen (secondary N) is 1. The molecule has 0 saturated heterocycles. The van der Waals surface area contributed by atoms with Gasteiger partial charge in [0.15, 0.2) is 0 Å². The lowest BCUT2D eigenvalue weighted by atomic mass is 10.4. The molecule has 0 bridgehead atoms. The fourth-order valence-electron chi connectivity index (χ4n) is 1.86. The van der Waals surface area contributed by atoms with Crippen molar-refractivity contribution in [3.05, 3.63) is 16.1 Å². The van der Waals surface area contributed by atoms with Gasteiger partial charge < -0.3 is 15.0 Å². The molecule has 0 spiro atoms. The third kappa shape index (κ3) is 4.40. The summed E-state index contributed by atoms with van der Waals surface area (Å²) in [5.41, 5.74) is 0. The van der Waals surface area contributed by atoms with E-state index in [1.165, 1.54) is 12.8 Å². The number of aromatic nitrogens is 1. The molecular formula is C14H21Cl2N3O. The molecule has 1 aromatic rings. The Morgan fingerprint density at radius 1 is 1.40 bits per heavy atom. The first kappa shape index (κ1) is 15.7. The highest BCUT2D eigenvalue weighted by Crippen LogP contribution is 2.31. The lowest BCUT2D eigenvalue weighted by Crippen LogP contribution is -2.24. The molecule has 1 saturated carbocycles. The van der Waals surface area contributed by atoms with Crippen molar-refractivity contribution < 1.29 is 4.74 Å². The third-order valence-corrected chi connectivity index (χ3v) is 3.80. The Morgan fingerprint density at radius 2 is 2.15 bits per heavy atom. The first-order valence-electron chi connectivity index (χ1n) is 7.00. The summed E-state index contributed by atoms with van der Waals surface area (Å²) in [6.07, 6.45) is 2.62. The van der Waals surface area contributed by atoms with E-state index in [0.717, 1.165) is 31.4 Å². The van der Waals surface area contributed by atoms with Gasteiger partial charge in [-0.1, -0.05) is 23.2 Å². The second-order valence-electron chi connectivity index (χ2n) is 5.09. The quantitative estimate of drug-likeness (QED) is 0.742. The third-order valence-electron chi connectivity index (χ3n) is 3.24. The Kier molecular flexibility index (Phi) is 5.75. The highest BCUT2D eigenvalue weighted by molar-refractivity contribution is 6.37. The van der Waals surface area contributed by atoms with Crippen molar-refractivity contribution in [1.82, 2.24) is 4.98 Å². The second-order valence-corrected chi connectivity index (χ2v) is 5.91. The maximum atomic E-state index is 6.21. The molecule has 0 radical (unpaired) electrons. The molecule has 112 valence electrons. The molecule has 2 rings (SSSR count). The summed E-state index contributed by atoms with van der Waals surface area (Å²) in [4.78, 5) is 6.48. The van der Waals surface area contributed by atoms with E-state index in [1.54, 1.807) is 6.07 Å². The fraction of sp³-hybridized carbons (Fsp3) is 0.643. The van der Waals surface area contributed by atoms with E-state index in [9.17, 15) is 0 Å². The minimum Gasteiger partial charge on any atom is -0.379 e. The number of anilines is 2. The summed E-state index contributed by atoms with van der Waals surface area (Å²) in [6, 6.07) is 1.73. The van der Waals surface area contributed by atoms with Crippen LogP contribution in [0.1, 0.15) is 19.8 Å². The van der Waals surface area contributed by atoms with Crippen LogP contribution in [0.25, 0.3) is 0 Å². The van der Waals surface area contributed by atoms with Gasteiger partial charge in [-0.3, -0.25) is 0 Å². The minimum absolute atomic E-state index is 0.541. The number of rotatable bonds is 8. The Balaban J connectivity index is 1.92. The van der Waals surface area contributed by atoms with Crippen molar-refractivity contribution in [2.24, 2.45) is 5.92 Å². The van der Waals surface area contributed by atoms with Crippen LogP contribution in [0, 0.1) is 5.92 Å². The van der Waals surface area contributed by atoms with Crippen LogP contribution in [0.15, 0.2) is 6.07 Å². The molecule has 1 aliphatic carbocycles. The maximum absolute atomic E-state index is 6.21. The average molecular weight is 318 g/mol. The van der Waals surface area contributed by atoms with Crippen LogP contribution in [-0.4, -0.2) is 38.3 Å². The first-order valence-corrected chi connectivity index (χ1v) is 7.76. The number of halogens is 2. The van der Waals surface area contributed by atoms with Gasteiger partial charge in [-0.15, -0.1) is 0 Å². The van der Waals surface area contributed by atoms with Gasteiger partial charge in [0, 0.05) is 26.7 Å². The van der Waals surface area contributed by atoms with Crippen molar-refractivity contribution in [3.63, 3.8) is 0 Å². The van der Waals surface area contributed by atoms with Crippen LogP contribution in [0.4, 0.5) is 11.6 Å². The molecule has 20 heavy (non-hydrogen) atoms. The van der Waals surface area contributed by atoms with Gasteiger partial charge in [0.25, 0.3) is 0 Å². The monoisotopic (exact) mass is 317 g/mol. The molecule has 1 aromatic heterocycles. The summed E-state index contributed by atoms with van der Waals surface area (Å²) >= 11 is 12.3. The minimum atomic E-state index is 0.541. The average Bonchev–Trinajstić information content (AvgIpc) is 3.22. The predicted molar refractivity (Wildman–Crippen MR) is 85.2 cm³/mol. The summed E-state index contributed by atoms with van der Waals surface area (Å²) in [5, 5.41) is 4.23. The molecule has 0 amide bonds. The summed E-state index contributed by atoms with van der Waals surface area (Å²) in [7, 11) is 1.96. The number of hydrogen-bond acceptors (Lipinski definition) is 4. The molecule has 4 nitrogen and oxygen atoms in total.